The summed E-state index contributed by atoms with van der Waals surface area (Å²) in [5.41, 5.74) is 3.29. The molecule has 1 N–H and O–H groups in total. The van der Waals surface area contributed by atoms with Crippen LogP contribution in [0, 0.1) is 6.92 Å². The first-order chi connectivity index (χ1) is 11.2. The Morgan fingerprint density at radius 2 is 2.13 bits per heavy atom. The third-order valence-corrected chi connectivity index (χ3v) is 4.03. The number of aryl methyl sites for hydroxylation is 2. The number of morpholine rings is 1. The lowest BCUT2D eigenvalue weighted by molar-refractivity contribution is 0.101. The minimum absolute atomic E-state index is 0.253. The molecule has 23 heavy (non-hydrogen) atoms. The molecule has 0 unspecified atom stereocenters. The maximum absolute atomic E-state index is 12.5. The van der Waals surface area contributed by atoms with Crippen LogP contribution in [0.1, 0.15) is 28.5 Å². The third kappa shape index (κ3) is 3.37. The van der Waals surface area contributed by atoms with Crippen LogP contribution in [0.5, 0.6) is 0 Å². The fourth-order valence-electron chi connectivity index (χ4n) is 2.68. The third-order valence-electron chi connectivity index (χ3n) is 4.03. The van der Waals surface area contributed by atoms with E-state index >= 15 is 0 Å². The van der Waals surface area contributed by atoms with Crippen molar-refractivity contribution in [3.05, 3.63) is 41.1 Å². The van der Waals surface area contributed by atoms with Gasteiger partial charge in [0.25, 0.3) is 5.91 Å². The fraction of sp³-hybridized carbons (Fsp3) is 0.412. The van der Waals surface area contributed by atoms with Crippen LogP contribution < -0.4 is 10.2 Å². The standard InChI is InChI=1S/C17H21N3O3/c1-3-13-6-4-5-12(2)16(13)18-17(21)14-11-15(23-19-14)20-7-9-22-10-8-20/h4-6,11H,3,7-10H2,1-2H3,(H,18,21). The summed E-state index contributed by atoms with van der Waals surface area (Å²) in [6.07, 6.45) is 0.856. The summed E-state index contributed by atoms with van der Waals surface area (Å²) in [6, 6.07) is 7.68. The minimum Gasteiger partial charge on any atom is -0.378 e. The Bertz CT molecular complexity index is 690. The number of anilines is 2. The maximum Gasteiger partial charge on any atom is 0.277 e. The molecule has 6 nitrogen and oxygen atoms in total. The van der Waals surface area contributed by atoms with Gasteiger partial charge < -0.3 is 19.5 Å². The van der Waals surface area contributed by atoms with Crippen molar-refractivity contribution in [3.8, 4) is 0 Å². The number of nitrogens with zero attached hydrogens (tertiary/aromatic N) is 2. The Labute approximate surface area is 135 Å². The van der Waals surface area contributed by atoms with E-state index in [0.29, 0.717) is 19.1 Å². The molecule has 1 fully saturated rings. The van der Waals surface area contributed by atoms with E-state index in [1.165, 1.54) is 0 Å². The zero-order chi connectivity index (χ0) is 16.2. The first-order valence-corrected chi connectivity index (χ1v) is 7.88. The van der Waals surface area contributed by atoms with Crippen molar-refractivity contribution in [1.82, 2.24) is 5.16 Å². The maximum atomic E-state index is 12.5. The highest BCUT2D eigenvalue weighted by atomic mass is 16.5. The molecule has 1 saturated heterocycles. The Balaban J connectivity index is 1.75. The van der Waals surface area contributed by atoms with Crippen molar-refractivity contribution in [3.63, 3.8) is 0 Å². The van der Waals surface area contributed by atoms with E-state index in [1.807, 2.05) is 30.0 Å². The first-order valence-electron chi connectivity index (χ1n) is 7.88. The fourth-order valence-corrected chi connectivity index (χ4v) is 2.68. The molecule has 2 aromatic rings. The molecule has 0 spiro atoms. The highest BCUT2D eigenvalue weighted by molar-refractivity contribution is 6.04. The summed E-state index contributed by atoms with van der Waals surface area (Å²) < 4.78 is 10.6. The van der Waals surface area contributed by atoms with Gasteiger partial charge in [0.1, 0.15) is 0 Å². The van der Waals surface area contributed by atoms with Crippen molar-refractivity contribution >= 4 is 17.5 Å². The van der Waals surface area contributed by atoms with E-state index < -0.39 is 0 Å². The summed E-state index contributed by atoms with van der Waals surface area (Å²) in [4.78, 5) is 14.5. The van der Waals surface area contributed by atoms with Crippen molar-refractivity contribution in [2.75, 3.05) is 36.5 Å². The number of nitrogens with one attached hydrogen (secondary N) is 1. The molecule has 2 heterocycles. The summed E-state index contributed by atoms with van der Waals surface area (Å²) >= 11 is 0. The predicted octanol–water partition coefficient (Wildman–Crippen LogP) is 2.63. The van der Waals surface area contributed by atoms with Gasteiger partial charge >= 0.3 is 0 Å². The van der Waals surface area contributed by atoms with Gasteiger partial charge in [-0.1, -0.05) is 30.3 Å². The highest BCUT2D eigenvalue weighted by Gasteiger charge is 2.19. The topological polar surface area (TPSA) is 67.6 Å². The van der Waals surface area contributed by atoms with E-state index in [2.05, 4.69) is 17.4 Å². The van der Waals surface area contributed by atoms with Crippen molar-refractivity contribution in [2.24, 2.45) is 0 Å². The van der Waals surface area contributed by atoms with Gasteiger partial charge in [-0.25, -0.2) is 0 Å². The number of aromatic nitrogens is 1. The average molecular weight is 315 g/mol. The van der Waals surface area contributed by atoms with Gasteiger partial charge in [-0.15, -0.1) is 0 Å². The zero-order valence-corrected chi connectivity index (χ0v) is 13.5. The summed E-state index contributed by atoms with van der Waals surface area (Å²) in [5, 5.41) is 6.86. The van der Waals surface area contributed by atoms with Crippen LogP contribution in [0.4, 0.5) is 11.6 Å². The second-order valence-electron chi connectivity index (χ2n) is 5.57. The van der Waals surface area contributed by atoms with Crippen LogP contribution in [-0.2, 0) is 11.2 Å². The minimum atomic E-state index is -0.253. The quantitative estimate of drug-likeness (QED) is 0.939. The summed E-state index contributed by atoms with van der Waals surface area (Å²) in [5.74, 6) is 0.358. The molecule has 1 amide bonds. The molecular weight excluding hydrogens is 294 g/mol. The molecular formula is C17H21N3O3. The van der Waals surface area contributed by atoms with Crippen molar-refractivity contribution < 1.29 is 14.1 Å². The van der Waals surface area contributed by atoms with Crippen LogP contribution in [0.2, 0.25) is 0 Å². The highest BCUT2D eigenvalue weighted by Crippen LogP contribution is 2.23. The Morgan fingerprint density at radius 1 is 1.35 bits per heavy atom. The lowest BCUT2D eigenvalue weighted by Crippen LogP contribution is -2.35. The van der Waals surface area contributed by atoms with Gasteiger partial charge in [-0.2, -0.15) is 0 Å². The lowest BCUT2D eigenvalue weighted by Gasteiger charge is -2.25. The van der Waals surface area contributed by atoms with Crippen LogP contribution in [0.25, 0.3) is 0 Å². The van der Waals surface area contributed by atoms with Gasteiger partial charge in [0.2, 0.25) is 5.88 Å². The summed E-state index contributed by atoms with van der Waals surface area (Å²) in [6.45, 7) is 6.85. The molecule has 3 rings (SSSR count). The van der Waals surface area contributed by atoms with Gasteiger partial charge in [-0.3, -0.25) is 4.79 Å². The molecule has 122 valence electrons. The zero-order valence-electron chi connectivity index (χ0n) is 13.5. The van der Waals surface area contributed by atoms with E-state index in [-0.39, 0.29) is 11.6 Å². The molecule has 0 radical (unpaired) electrons. The van der Waals surface area contributed by atoms with Crippen LogP contribution >= 0.6 is 0 Å². The Hall–Kier alpha value is -2.34. The van der Waals surface area contributed by atoms with E-state index in [1.54, 1.807) is 6.07 Å². The number of amides is 1. The van der Waals surface area contributed by atoms with Crippen molar-refractivity contribution in [2.45, 2.75) is 20.3 Å². The van der Waals surface area contributed by atoms with E-state index in [4.69, 9.17) is 9.26 Å². The second kappa shape index (κ2) is 6.83. The number of rotatable bonds is 4. The first kappa shape index (κ1) is 15.6. The average Bonchev–Trinajstić information content (AvgIpc) is 3.07. The monoisotopic (exact) mass is 315 g/mol. The summed E-state index contributed by atoms with van der Waals surface area (Å²) in [7, 11) is 0. The molecule has 0 aliphatic carbocycles. The number of benzene rings is 1. The van der Waals surface area contributed by atoms with Crippen LogP contribution in [-0.4, -0.2) is 37.4 Å². The largest absolute Gasteiger partial charge is 0.378 e. The van der Waals surface area contributed by atoms with Gasteiger partial charge in [0, 0.05) is 24.8 Å². The predicted molar refractivity (Wildman–Crippen MR) is 88.0 cm³/mol. The number of carbonyl (C=O) groups excluding carboxylic acids is 1. The molecule has 1 aliphatic heterocycles. The molecule has 0 atom stereocenters. The van der Waals surface area contributed by atoms with Gasteiger partial charge in [0.15, 0.2) is 5.69 Å². The normalized spacial score (nSPS) is 14.8. The van der Waals surface area contributed by atoms with Gasteiger partial charge in [0.05, 0.1) is 13.2 Å². The van der Waals surface area contributed by atoms with E-state index in [9.17, 15) is 4.79 Å². The second-order valence-corrected chi connectivity index (χ2v) is 5.57. The lowest BCUT2D eigenvalue weighted by atomic mass is 10.1. The number of hydrogen-bond donors (Lipinski definition) is 1. The SMILES string of the molecule is CCc1cccc(C)c1NC(=O)c1cc(N2CCOCC2)on1. The molecule has 1 aliphatic rings. The van der Waals surface area contributed by atoms with Gasteiger partial charge in [-0.05, 0) is 24.5 Å². The molecule has 6 heteroatoms. The number of carbonyl (C=O) groups is 1. The van der Waals surface area contributed by atoms with Crippen molar-refractivity contribution in [1.29, 1.82) is 0 Å². The Kier molecular flexibility index (Phi) is 4.62. The Morgan fingerprint density at radius 3 is 2.87 bits per heavy atom. The molecule has 1 aromatic carbocycles. The molecule has 0 bridgehead atoms. The number of hydrogen-bond acceptors (Lipinski definition) is 5. The van der Waals surface area contributed by atoms with Crippen LogP contribution in [0.3, 0.4) is 0 Å². The molecule has 0 saturated carbocycles. The smallest absolute Gasteiger partial charge is 0.277 e. The number of ether oxygens (including phenoxy) is 1. The van der Waals surface area contributed by atoms with Crippen LogP contribution in [0.15, 0.2) is 28.8 Å². The van der Waals surface area contributed by atoms with E-state index in [0.717, 1.165) is 36.3 Å². The number of para-hydroxylation sites is 1. The molecule has 1 aromatic heterocycles.